The molecule has 1 aromatic rings. The Bertz CT molecular complexity index is 431. The molecule has 0 radical (unpaired) electrons. The molecule has 0 saturated heterocycles. The van der Waals surface area contributed by atoms with Gasteiger partial charge >= 0.3 is 0 Å². The van der Waals surface area contributed by atoms with Crippen LogP contribution in [0.25, 0.3) is 0 Å². The Morgan fingerprint density at radius 3 is 2.78 bits per heavy atom. The van der Waals surface area contributed by atoms with Gasteiger partial charge in [0.25, 0.3) is 0 Å². The number of benzene rings is 1. The molecule has 0 bridgehead atoms. The lowest BCUT2D eigenvalue weighted by molar-refractivity contribution is 0.409. The minimum absolute atomic E-state index is 0.578. The van der Waals surface area contributed by atoms with Crippen LogP contribution in [0, 0.1) is 5.92 Å². The average molecular weight is 247 g/mol. The van der Waals surface area contributed by atoms with E-state index in [0.717, 1.165) is 23.2 Å². The molecule has 0 amide bonds. The third-order valence-electron chi connectivity index (χ3n) is 3.29. The lowest BCUT2D eigenvalue weighted by atomic mass is 10.2. The van der Waals surface area contributed by atoms with Gasteiger partial charge in [0.05, 0.1) is 7.11 Å². The topological polar surface area (TPSA) is 45.7 Å². The van der Waals surface area contributed by atoms with Gasteiger partial charge in [0.1, 0.15) is 5.75 Å². The van der Waals surface area contributed by atoms with Crippen LogP contribution >= 0.6 is 0 Å². The van der Waals surface area contributed by atoms with E-state index in [0.29, 0.717) is 12.6 Å². The summed E-state index contributed by atoms with van der Waals surface area (Å²) < 4.78 is 5.32. The zero-order valence-electron chi connectivity index (χ0n) is 11.2. The molecule has 18 heavy (non-hydrogen) atoms. The maximum Gasteiger partial charge on any atom is 0.191 e. The van der Waals surface area contributed by atoms with E-state index in [1.807, 2.05) is 18.2 Å². The Kier molecular flexibility index (Phi) is 4.07. The minimum atomic E-state index is 0.578. The van der Waals surface area contributed by atoms with Crippen molar-refractivity contribution in [3.8, 4) is 5.75 Å². The summed E-state index contributed by atoms with van der Waals surface area (Å²) in [5.41, 5.74) is 1.13. The van der Waals surface area contributed by atoms with Crippen molar-refractivity contribution in [1.82, 2.24) is 10.6 Å². The Morgan fingerprint density at radius 2 is 2.17 bits per heavy atom. The number of nitrogens with zero attached hydrogens (tertiary/aromatic N) is 1. The average Bonchev–Trinajstić information content (AvgIpc) is 3.10. The molecule has 2 unspecified atom stereocenters. The van der Waals surface area contributed by atoms with Gasteiger partial charge in [0, 0.05) is 25.2 Å². The Labute approximate surface area is 108 Å². The summed E-state index contributed by atoms with van der Waals surface area (Å²) in [6.07, 6.45) is 1.23. The maximum atomic E-state index is 5.32. The van der Waals surface area contributed by atoms with Gasteiger partial charge in [-0.25, -0.2) is 0 Å². The highest BCUT2D eigenvalue weighted by atomic mass is 16.5. The number of nitrogens with one attached hydrogen (secondary N) is 2. The van der Waals surface area contributed by atoms with Crippen LogP contribution in [-0.2, 0) is 6.54 Å². The molecule has 1 aliphatic carbocycles. The number of hydrogen-bond acceptors (Lipinski definition) is 2. The number of ether oxygens (including phenoxy) is 1. The summed E-state index contributed by atoms with van der Waals surface area (Å²) in [5.74, 6) is 2.52. The SMILES string of the molecule is CN=C(NCc1ccccc1OC)NC1CC1C. The highest BCUT2D eigenvalue weighted by molar-refractivity contribution is 5.80. The van der Waals surface area contributed by atoms with Crippen molar-refractivity contribution in [1.29, 1.82) is 0 Å². The standard InChI is InChI=1S/C14H21N3O/c1-10-8-12(10)17-14(15-2)16-9-11-6-4-5-7-13(11)18-3/h4-7,10,12H,8-9H2,1-3H3,(H2,15,16,17). The number of aliphatic imine (C=N–C) groups is 1. The Morgan fingerprint density at radius 1 is 1.44 bits per heavy atom. The van der Waals surface area contributed by atoms with Crippen LogP contribution < -0.4 is 15.4 Å². The second kappa shape index (κ2) is 5.76. The van der Waals surface area contributed by atoms with Gasteiger partial charge in [-0.3, -0.25) is 4.99 Å². The molecule has 1 saturated carbocycles. The first-order valence-electron chi connectivity index (χ1n) is 6.33. The smallest absolute Gasteiger partial charge is 0.191 e. The zero-order chi connectivity index (χ0) is 13.0. The van der Waals surface area contributed by atoms with Crippen LogP contribution in [0.15, 0.2) is 29.3 Å². The van der Waals surface area contributed by atoms with Crippen LogP contribution in [0.2, 0.25) is 0 Å². The van der Waals surface area contributed by atoms with Gasteiger partial charge in [-0.1, -0.05) is 25.1 Å². The number of guanidine groups is 1. The fourth-order valence-electron chi connectivity index (χ4n) is 1.92. The lowest BCUT2D eigenvalue weighted by Crippen LogP contribution is -2.38. The molecule has 1 aromatic carbocycles. The molecule has 1 fully saturated rings. The first kappa shape index (κ1) is 12.7. The number of rotatable bonds is 4. The second-order valence-corrected chi connectivity index (χ2v) is 4.70. The molecule has 2 atom stereocenters. The summed E-state index contributed by atoms with van der Waals surface area (Å²) in [6.45, 7) is 2.95. The molecule has 1 aliphatic rings. The highest BCUT2D eigenvalue weighted by Gasteiger charge is 2.33. The van der Waals surface area contributed by atoms with E-state index in [-0.39, 0.29) is 0 Å². The summed E-state index contributed by atoms with van der Waals surface area (Å²) in [5, 5.41) is 6.71. The predicted octanol–water partition coefficient (Wildman–Crippen LogP) is 1.77. The fourth-order valence-corrected chi connectivity index (χ4v) is 1.92. The summed E-state index contributed by atoms with van der Waals surface area (Å²) in [4.78, 5) is 4.23. The van der Waals surface area contributed by atoms with E-state index < -0.39 is 0 Å². The Hall–Kier alpha value is -1.71. The molecule has 4 nitrogen and oxygen atoms in total. The molecule has 0 aliphatic heterocycles. The van der Waals surface area contributed by atoms with Crippen molar-refractivity contribution < 1.29 is 4.74 Å². The first-order valence-corrected chi connectivity index (χ1v) is 6.33. The van der Waals surface area contributed by atoms with Crippen LogP contribution in [0.4, 0.5) is 0 Å². The lowest BCUT2D eigenvalue weighted by Gasteiger charge is -2.13. The van der Waals surface area contributed by atoms with E-state index in [2.05, 4.69) is 28.6 Å². The number of para-hydroxylation sites is 1. The van der Waals surface area contributed by atoms with E-state index >= 15 is 0 Å². The third kappa shape index (κ3) is 3.15. The molecule has 2 rings (SSSR count). The number of methoxy groups -OCH3 is 1. The Balaban J connectivity index is 1.89. The summed E-state index contributed by atoms with van der Waals surface area (Å²) >= 11 is 0. The molecule has 0 heterocycles. The first-order chi connectivity index (χ1) is 8.74. The molecule has 98 valence electrons. The highest BCUT2D eigenvalue weighted by Crippen LogP contribution is 2.28. The van der Waals surface area contributed by atoms with Crippen LogP contribution in [-0.4, -0.2) is 26.2 Å². The minimum Gasteiger partial charge on any atom is -0.496 e. The van der Waals surface area contributed by atoms with E-state index in [1.54, 1.807) is 14.2 Å². The van der Waals surface area contributed by atoms with Crippen LogP contribution in [0.1, 0.15) is 18.9 Å². The monoisotopic (exact) mass is 247 g/mol. The van der Waals surface area contributed by atoms with Crippen molar-refractivity contribution in [2.45, 2.75) is 25.9 Å². The maximum absolute atomic E-state index is 5.32. The van der Waals surface area contributed by atoms with E-state index in [1.165, 1.54) is 6.42 Å². The van der Waals surface area contributed by atoms with E-state index in [9.17, 15) is 0 Å². The van der Waals surface area contributed by atoms with E-state index in [4.69, 9.17) is 4.74 Å². The van der Waals surface area contributed by atoms with Crippen molar-refractivity contribution in [3.63, 3.8) is 0 Å². The quantitative estimate of drug-likeness (QED) is 0.629. The zero-order valence-corrected chi connectivity index (χ0v) is 11.2. The molecule has 2 N–H and O–H groups in total. The fraction of sp³-hybridized carbons (Fsp3) is 0.500. The van der Waals surface area contributed by atoms with Gasteiger partial charge in [-0.05, 0) is 18.4 Å². The van der Waals surface area contributed by atoms with Gasteiger partial charge in [0.15, 0.2) is 5.96 Å². The normalized spacial score (nSPS) is 22.5. The number of hydrogen-bond donors (Lipinski definition) is 2. The van der Waals surface area contributed by atoms with Crippen molar-refractivity contribution in [2.75, 3.05) is 14.2 Å². The predicted molar refractivity (Wildman–Crippen MR) is 73.9 cm³/mol. The summed E-state index contributed by atoms with van der Waals surface area (Å²) in [6, 6.07) is 8.59. The second-order valence-electron chi connectivity index (χ2n) is 4.70. The molecular formula is C14H21N3O. The molecule has 0 spiro atoms. The van der Waals surface area contributed by atoms with Crippen molar-refractivity contribution in [2.24, 2.45) is 10.9 Å². The van der Waals surface area contributed by atoms with Gasteiger partial charge < -0.3 is 15.4 Å². The largest absolute Gasteiger partial charge is 0.496 e. The summed E-state index contributed by atoms with van der Waals surface area (Å²) in [7, 11) is 3.49. The van der Waals surface area contributed by atoms with Crippen molar-refractivity contribution in [3.05, 3.63) is 29.8 Å². The van der Waals surface area contributed by atoms with Crippen LogP contribution in [0.3, 0.4) is 0 Å². The van der Waals surface area contributed by atoms with Gasteiger partial charge in [-0.2, -0.15) is 0 Å². The van der Waals surface area contributed by atoms with Crippen molar-refractivity contribution >= 4 is 5.96 Å². The molecule has 4 heteroatoms. The van der Waals surface area contributed by atoms with Crippen LogP contribution in [0.5, 0.6) is 5.75 Å². The van der Waals surface area contributed by atoms with Gasteiger partial charge in [-0.15, -0.1) is 0 Å². The molecular weight excluding hydrogens is 226 g/mol. The third-order valence-corrected chi connectivity index (χ3v) is 3.29. The molecule has 0 aromatic heterocycles. The van der Waals surface area contributed by atoms with Gasteiger partial charge in [0.2, 0.25) is 0 Å².